The molecule has 0 aliphatic heterocycles. The molecule has 2 rings (SSSR count). The van der Waals surface area contributed by atoms with Gasteiger partial charge in [0.05, 0.1) is 0 Å². The Morgan fingerprint density at radius 3 is 2.75 bits per heavy atom. The van der Waals surface area contributed by atoms with Gasteiger partial charge in [-0.15, -0.1) is 0 Å². The van der Waals surface area contributed by atoms with Crippen molar-refractivity contribution in [3.63, 3.8) is 0 Å². The lowest BCUT2D eigenvalue weighted by atomic mass is 10.1. The minimum absolute atomic E-state index is 0.0409. The number of nitrogen functional groups attached to an aromatic ring is 1. The average molecular weight is 296 g/mol. The van der Waals surface area contributed by atoms with Gasteiger partial charge in [0.2, 0.25) is 0 Å². The second kappa shape index (κ2) is 5.79. The molecule has 0 bridgehead atoms. The van der Waals surface area contributed by atoms with Crippen molar-refractivity contribution >= 4 is 23.3 Å². The highest BCUT2D eigenvalue weighted by atomic mass is 35.5. The van der Waals surface area contributed by atoms with Crippen LogP contribution >= 0.6 is 11.6 Å². The number of hydrogen-bond donors (Lipinski definition) is 2. The van der Waals surface area contributed by atoms with Crippen molar-refractivity contribution in [1.82, 2.24) is 0 Å². The van der Waals surface area contributed by atoms with Gasteiger partial charge in [0, 0.05) is 16.3 Å². The Hall–Kier alpha value is -2.27. The van der Waals surface area contributed by atoms with E-state index in [9.17, 15) is 9.18 Å². The third-order valence-corrected chi connectivity index (χ3v) is 2.99. The smallest absolute Gasteiger partial charge is 0.339 e. The van der Waals surface area contributed by atoms with Crippen molar-refractivity contribution < 1.29 is 19.0 Å². The zero-order valence-electron chi connectivity index (χ0n) is 10.3. The first-order valence-corrected chi connectivity index (χ1v) is 6.04. The van der Waals surface area contributed by atoms with E-state index in [2.05, 4.69) is 0 Å². The summed E-state index contributed by atoms with van der Waals surface area (Å²) < 4.78 is 18.5. The number of ether oxygens (including phenoxy) is 1. The van der Waals surface area contributed by atoms with Crippen LogP contribution in [-0.2, 0) is 6.61 Å². The van der Waals surface area contributed by atoms with Gasteiger partial charge < -0.3 is 15.6 Å². The van der Waals surface area contributed by atoms with Gasteiger partial charge in [-0.25, -0.2) is 9.18 Å². The van der Waals surface area contributed by atoms with Crippen molar-refractivity contribution in [1.29, 1.82) is 0 Å². The van der Waals surface area contributed by atoms with Gasteiger partial charge in [-0.1, -0.05) is 11.6 Å². The summed E-state index contributed by atoms with van der Waals surface area (Å²) in [7, 11) is 0. The maximum Gasteiger partial charge on any atom is 0.339 e. The Balaban J connectivity index is 2.23. The number of hydrogen-bond acceptors (Lipinski definition) is 3. The van der Waals surface area contributed by atoms with E-state index >= 15 is 0 Å². The van der Waals surface area contributed by atoms with E-state index in [0.29, 0.717) is 16.3 Å². The molecule has 0 heterocycles. The molecule has 0 aromatic heterocycles. The summed E-state index contributed by atoms with van der Waals surface area (Å²) in [6, 6.07) is 8.15. The normalized spacial score (nSPS) is 10.3. The van der Waals surface area contributed by atoms with Crippen molar-refractivity contribution in [2.45, 2.75) is 6.61 Å². The fourth-order valence-corrected chi connectivity index (χ4v) is 1.82. The molecule has 20 heavy (non-hydrogen) atoms. The Morgan fingerprint density at radius 2 is 2.05 bits per heavy atom. The molecule has 0 unspecified atom stereocenters. The molecule has 0 saturated heterocycles. The Bertz CT molecular complexity index is 661. The first-order chi connectivity index (χ1) is 9.47. The molecule has 0 saturated carbocycles. The van der Waals surface area contributed by atoms with Gasteiger partial charge in [0.15, 0.2) is 0 Å². The van der Waals surface area contributed by atoms with Crippen molar-refractivity contribution in [3.8, 4) is 5.75 Å². The van der Waals surface area contributed by atoms with E-state index in [0.717, 1.165) is 0 Å². The zero-order valence-corrected chi connectivity index (χ0v) is 11.0. The highest BCUT2D eigenvalue weighted by Crippen LogP contribution is 2.24. The maximum absolute atomic E-state index is 13.1. The quantitative estimate of drug-likeness (QED) is 0.849. The summed E-state index contributed by atoms with van der Waals surface area (Å²) in [6.45, 7) is -0.0409. The predicted octanol–water partition coefficient (Wildman–Crippen LogP) is 3.34. The van der Waals surface area contributed by atoms with Crippen LogP contribution in [-0.4, -0.2) is 11.1 Å². The van der Waals surface area contributed by atoms with Crippen LogP contribution in [0.2, 0.25) is 5.02 Å². The fourth-order valence-electron chi connectivity index (χ4n) is 1.65. The van der Waals surface area contributed by atoms with Gasteiger partial charge in [-0.3, -0.25) is 0 Å². The Labute approximate surface area is 119 Å². The van der Waals surface area contributed by atoms with Crippen molar-refractivity contribution in [3.05, 3.63) is 58.4 Å². The molecule has 104 valence electrons. The number of aromatic carboxylic acids is 1. The number of carboxylic acids is 1. The highest BCUT2D eigenvalue weighted by Gasteiger charge is 2.12. The molecule has 2 aromatic rings. The van der Waals surface area contributed by atoms with Crippen molar-refractivity contribution in [2.24, 2.45) is 0 Å². The van der Waals surface area contributed by atoms with Crippen LogP contribution in [0.1, 0.15) is 15.9 Å². The van der Waals surface area contributed by atoms with Crippen LogP contribution in [0.4, 0.5) is 10.1 Å². The number of rotatable bonds is 4. The third-order valence-electron chi connectivity index (χ3n) is 2.62. The molecule has 3 N–H and O–H groups in total. The Kier molecular flexibility index (Phi) is 4.10. The van der Waals surface area contributed by atoms with E-state index in [1.54, 1.807) is 0 Å². The number of anilines is 1. The number of carbonyl (C=O) groups is 1. The molecule has 0 amide bonds. The third kappa shape index (κ3) is 3.19. The van der Waals surface area contributed by atoms with Gasteiger partial charge in [0.1, 0.15) is 23.7 Å². The molecular formula is C14H11ClFNO3. The highest BCUT2D eigenvalue weighted by molar-refractivity contribution is 6.31. The van der Waals surface area contributed by atoms with Crippen molar-refractivity contribution in [2.75, 3.05) is 5.73 Å². The first-order valence-electron chi connectivity index (χ1n) is 5.67. The predicted molar refractivity (Wildman–Crippen MR) is 73.6 cm³/mol. The topological polar surface area (TPSA) is 72.5 Å². The molecular weight excluding hydrogens is 285 g/mol. The van der Waals surface area contributed by atoms with Crippen LogP contribution in [0, 0.1) is 5.82 Å². The van der Waals surface area contributed by atoms with E-state index in [4.69, 9.17) is 27.2 Å². The standard InChI is InChI=1S/C14H11ClFNO3/c15-12-3-1-9(16)5-8(12)7-20-13-4-2-10(17)6-11(13)14(18)19/h1-6H,7,17H2,(H,18,19). The molecule has 0 fully saturated rings. The van der Waals surface area contributed by atoms with Crippen LogP contribution in [0.5, 0.6) is 5.75 Å². The number of carboxylic acid groups (broad SMARTS) is 1. The fraction of sp³-hybridized carbons (Fsp3) is 0.0714. The summed E-state index contributed by atoms with van der Waals surface area (Å²) in [6.07, 6.45) is 0. The summed E-state index contributed by atoms with van der Waals surface area (Å²) in [5.74, 6) is -1.45. The summed E-state index contributed by atoms with van der Waals surface area (Å²) in [5.41, 5.74) is 6.22. The monoisotopic (exact) mass is 295 g/mol. The summed E-state index contributed by atoms with van der Waals surface area (Å²) >= 11 is 5.91. The second-order valence-electron chi connectivity index (χ2n) is 4.09. The SMILES string of the molecule is Nc1ccc(OCc2cc(F)ccc2Cl)c(C(=O)O)c1. The maximum atomic E-state index is 13.1. The lowest BCUT2D eigenvalue weighted by Gasteiger charge is -2.11. The Morgan fingerprint density at radius 1 is 1.30 bits per heavy atom. The number of benzene rings is 2. The van der Waals surface area contributed by atoms with E-state index < -0.39 is 11.8 Å². The average Bonchev–Trinajstić information content (AvgIpc) is 2.40. The van der Waals surface area contributed by atoms with E-state index in [1.807, 2.05) is 0 Å². The van der Waals surface area contributed by atoms with Gasteiger partial charge in [-0.2, -0.15) is 0 Å². The largest absolute Gasteiger partial charge is 0.488 e. The zero-order chi connectivity index (χ0) is 14.7. The van der Waals surface area contributed by atoms with Crippen LogP contribution in [0.15, 0.2) is 36.4 Å². The van der Waals surface area contributed by atoms with Gasteiger partial charge in [-0.05, 0) is 36.4 Å². The molecule has 2 aromatic carbocycles. The molecule has 0 radical (unpaired) electrons. The summed E-state index contributed by atoms with van der Waals surface area (Å²) in [5, 5.41) is 9.41. The minimum atomic E-state index is -1.15. The molecule has 0 spiro atoms. The summed E-state index contributed by atoms with van der Waals surface area (Å²) in [4.78, 5) is 11.1. The minimum Gasteiger partial charge on any atom is -0.488 e. The second-order valence-corrected chi connectivity index (χ2v) is 4.49. The van der Waals surface area contributed by atoms with E-state index in [-0.39, 0.29) is 17.9 Å². The lowest BCUT2D eigenvalue weighted by molar-refractivity contribution is 0.0692. The van der Waals surface area contributed by atoms with Crippen LogP contribution in [0.25, 0.3) is 0 Å². The number of halogens is 2. The van der Waals surface area contributed by atoms with Crippen LogP contribution in [0.3, 0.4) is 0 Å². The van der Waals surface area contributed by atoms with E-state index in [1.165, 1.54) is 36.4 Å². The molecule has 4 nitrogen and oxygen atoms in total. The molecule has 6 heteroatoms. The number of nitrogens with two attached hydrogens (primary N) is 1. The van der Waals surface area contributed by atoms with Crippen LogP contribution < -0.4 is 10.5 Å². The lowest BCUT2D eigenvalue weighted by Crippen LogP contribution is -2.05. The molecule has 0 atom stereocenters. The van der Waals surface area contributed by atoms with Gasteiger partial charge in [0.25, 0.3) is 0 Å². The first kappa shape index (κ1) is 14.1. The van der Waals surface area contributed by atoms with Gasteiger partial charge >= 0.3 is 5.97 Å². The molecule has 0 aliphatic rings. The molecule has 0 aliphatic carbocycles.